The van der Waals surface area contributed by atoms with Crippen molar-refractivity contribution in [2.75, 3.05) is 25.4 Å². The maximum atomic E-state index is 13.0. The molecule has 1 aromatic rings. The highest BCUT2D eigenvalue weighted by Gasteiger charge is 2.55. The van der Waals surface area contributed by atoms with E-state index in [2.05, 4.69) is 20.8 Å². The van der Waals surface area contributed by atoms with Crippen LogP contribution in [0, 0.1) is 0 Å². The lowest BCUT2D eigenvalue weighted by atomic mass is 9.97. The zero-order valence-electron chi connectivity index (χ0n) is 17.8. The number of amides is 4. The lowest BCUT2D eigenvalue weighted by Gasteiger charge is -2.45. The quantitative estimate of drug-likeness (QED) is 0.102. The van der Waals surface area contributed by atoms with Gasteiger partial charge in [0.25, 0.3) is 11.8 Å². The fourth-order valence-corrected chi connectivity index (χ4v) is 4.48. The maximum absolute atomic E-state index is 13.0. The largest absolute Gasteiger partial charge is 0.478 e. The van der Waals surface area contributed by atoms with E-state index in [0.29, 0.717) is 6.54 Å². The van der Waals surface area contributed by atoms with Crippen molar-refractivity contribution in [2.45, 2.75) is 31.5 Å². The predicted octanol–water partition coefficient (Wildman–Crippen LogP) is -2.17. The van der Waals surface area contributed by atoms with E-state index >= 15 is 0 Å². The molecule has 0 bridgehead atoms. The fourth-order valence-electron chi connectivity index (χ4n) is 3.06. The van der Waals surface area contributed by atoms with Gasteiger partial charge in [-0.05, 0) is 13.8 Å². The molecule has 2 aliphatic rings. The Kier molecular flexibility index (Phi) is 6.67. The van der Waals surface area contributed by atoms with Crippen LogP contribution in [0.5, 0.6) is 0 Å². The second kappa shape index (κ2) is 9.03. The number of β-lactam (4-membered cyclic amide) rings is 1. The molecule has 0 radical (unpaired) electrons. The zero-order valence-corrected chi connectivity index (χ0v) is 19.4. The van der Waals surface area contributed by atoms with Gasteiger partial charge in [-0.25, -0.2) is 18.9 Å². The number of nitrogens with zero attached hydrogens (tertiary/aromatic N) is 4. The number of carbonyl (C=O) groups is 4. The summed E-state index contributed by atoms with van der Waals surface area (Å²) in [6.45, 7) is 2.56. The molecule has 2 aliphatic heterocycles. The van der Waals surface area contributed by atoms with E-state index in [0.717, 1.165) is 11.3 Å². The molecule has 0 aromatic carbocycles. The minimum Gasteiger partial charge on any atom is -0.478 e. The highest BCUT2D eigenvalue weighted by Crippen LogP contribution is 2.25. The number of urea groups is 1. The van der Waals surface area contributed by atoms with Gasteiger partial charge in [0.15, 0.2) is 10.8 Å². The number of aliphatic carboxylic acids is 1. The van der Waals surface area contributed by atoms with Crippen LogP contribution in [0.4, 0.5) is 9.93 Å². The SMILES string of the molecule is CC(C)(ON=C(C(=O)N[C@@H]1C(=O)N(S(=O)(=O)O)[C@H]1CN1CCNC1=O)c1csc(N)n1)C(=O)O. The maximum Gasteiger partial charge on any atom is 0.362 e. The van der Waals surface area contributed by atoms with Crippen molar-refractivity contribution in [2.24, 2.45) is 5.16 Å². The van der Waals surface area contributed by atoms with E-state index in [1.807, 2.05) is 0 Å². The van der Waals surface area contributed by atoms with Gasteiger partial charge in [0.05, 0.1) is 6.04 Å². The summed E-state index contributed by atoms with van der Waals surface area (Å²) in [5, 5.41) is 19.0. The molecule has 0 saturated carbocycles. The molecule has 186 valence electrons. The molecule has 2 saturated heterocycles. The molecule has 2 atom stereocenters. The first-order chi connectivity index (χ1) is 15.7. The van der Waals surface area contributed by atoms with Gasteiger partial charge < -0.3 is 31.2 Å². The number of hydrogen-bond acceptors (Lipinski definition) is 11. The lowest BCUT2D eigenvalue weighted by Crippen LogP contribution is -2.74. The third-order valence-corrected chi connectivity index (χ3v) is 6.54. The van der Waals surface area contributed by atoms with Gasteiger partial charge in [0.2, 0.25) is 5.60 Å². The van der Waals surface area contributed by atoms with E-state index in [1.54, 1.807) is 0 Å². The van der Waals surface area contributed by atoms with Gasteiger partial charge in [-0.2, -0.15) is 8.42 Å². The number of nitrogens with one attached hydrogen (secondary N) is 2. The van der Waals surface area contributed by atoms with Crippen LogP contribution in [-0.4, -0.2) is 99.1 Å². The second-order valence-corrected chi connectivity index (χ2v) is 9.90. The Morgan fingerprint density at radius 3 is 2.62 bits per heavy atom. The molecule has 0 aliphatic carbocycles. The number of carboxylic acids is 1. The van der Waals surface area contributed by atoms with E-state index in [-0.39, 0.29) is 28.2 Å². The van der Waals surface area contributed by atoms with E-state index in [1.165, 1.54) is 24.1 Å². The number of carbonyl (C=O) groups excluding carboxylic acids is 3. The molecule has 18 heteroatoms. The summed E-state index contributed by atoms with van der Waals surface area (Å²) >= 11 is 0.950. The molecule has 3 rings (SSSR count). The van der Waals surface area contributed by atoms with Gasteiger partial charge in [0.1, 0.15) is 11.7 Å². The van der Waals surface area contributed by atoms with Crippen LogP contribution < -0.4 is 16.4 Å². The molecule has 4 amide bonds. The predicted molar refractivity (Wildman–Crippen MR) is 115 cm³/mol. The van der Waals surface area contributed by atoms with Crippen molar-refractivity contribution >= 4 is 56.3 Å². The van der Waals surface area contributed by atoms with Crippen LogP contribution >= 0.6 is 11.3 Å². The summed E-state index contributed by atoms with van der Waals surface area (Å²) < 4.78 is 32.9. The van der Waals surface area contributed by atoms with E-state index < -0.39 is 57.5 Å². The third-order valence-electron chi connectivity index (χ3n) is 4.92. The summed E-state index contributed by atoms with van der Waals surface area (Å²) in [4.78, 5) is 58.7. The van der Waals surface area contributed by atoms with Crippen LogP contribution in [0.3, 0.4) is 0 Å². The minimum atomic E-state index is -4.97. The molecule has 0 unspecified atom stereocenters. The molecule has 1 aromatic heterocycles. The van der Waals surface area contributed by atoms with Crippen molar-refractivity contribution in [3.63, 3.8) is 0 Å². The van der Waals surface area contributed by atoms with Crippen LogP contribution in [-0.2, 0) is 29.5 Å². The van der Waals surface area contributed by atoms with Crippen LogP contribution in [0.15, 0.2) is 10.5 Å². The summed E-state index contributed by atoms with van der Waals surface area (Å²) in [5.41, 5.74) is 3.14. The normalized spacial score (nSPS) is 21.2. The number of hydrogen-bond donors (Lipinski definition) is 5. The molecule has 3 heterocycles. The minimum absolute atomic E-state index is 0.0585. The molecule has 6 N–H and O–H groups in total. The number of anilines is 1. The average molecular weight is 520 g/mol. The highest BCUT2D eigenvalue weighted by atomic mass is 32.2. The summed E-state index contributed by atoms with van der Waals surface area (Å²) in [6.07, 6.45) is 0. The number of thiazole rings is 1. The van der Waals surface area contributed by atoms with Crippen molar-refractivity contribution < 1.29 is 42.1 Å². The van der Waals surface area contributed by atoms with Gasteiger partial charge in [0, 0.05) is 25.0 Å². The fraction of sp³-hybridized carbons (Fsp3) is 0.500. The van der Waals surface area contributed by atoms with E-state index in [9.17, 15) is 37.3 Å². The molecule has 0 spiro atoms. The average Bonchev–Trinajstić information content (AvgIpc) is 3.32. The van der Waals surface area contributed by atoms with Gasteiger partial charge in [-0.15, -0.1) is 11.3 Å². The monoisotopic (exact) mass is 519 g/mol. The highest BCUT2D eigenvalue weighted by molar-refractivity contribution is 7.84. The summed E-state index contributed by atoms with van der Waals surface area (Å²) in [7, 11) is -4.97. The molecule has 34 heavy (non-hydrogen) atoms. The molecular formula is C16H21N7O9S2. The van der Waals surface area contributed by atoms with Crippen LogP contribution in [0.25, 0.3) is 0 Å². The Morgan fingerprint density at radius 1 is 1.44 bits per heavy atom. The van der Waals surface area contributed by atoms with Crippen molar-refractivity contribution in [3.05, 3.63) is 11.1 Å². The van der Waals surface area contributed by atoms with Crippen LogP contribution in [0.2, 0.25) is 0 Å². The topological polar surface area (TPSA) is 234 Å². The number of aromatic nitrogens is 1. The van der Waals surface area contributed by atoms with Crippen molar-refractivity contribution in [3.8, 4) is 0 Å². The number of rotatable bonds is 9. The molecule has 16 nitrogen and oxygen atoms in total. The van der Waals surface area contributed by atoms with E-state index in [4.69, 9.17) is 10.6 Å². The van der Waals surface area contributed by atoms with Crippen molar-refractivity contribution in [1.82, 2.24) is 24.8 Å². The Morgan fingerprint density at radius 2 is 2.12 bits per heavy atom. The number of oxime groups is 1. The van der Waals surface area contributed by atoms with Gasteiger partial charge in [-0.3, -0.25) is 14.1 Å². The summed E-state index contributed by atoms with van der Waals surface area (Å²) in [5.74, 6) is -3.59. The van der Waals surface area contributed by atoms with Crippen LogP contribution in [0.1, 0.15) is 19.5 Å². The Balaban J connectivity index is 1.87. The van der Waals surface area contributed by atoms with Crippen molar-refractivity contribution in [1.29, 1.82) is 0 Å². The number of carboxylic acid groups (broad SMARTS) is 1. The Hall–Kier alpha value is -3.51. The molecular weight excluding hydrogens is 498 g/mol. The first kappa shape index (κ1) is 25.1. The summed E-state index contributed by atoms with van der Waals surface area (Å²) in [6, 6.07) is -3.28. The number of nitrogens with two attached hydrogens (primary N) is 1. The smallest absolute Gasteiger partial charge is 0.362 e. The zero-order chi connectivity index (χ0) is 25.4. The molecule has 2 fully saturated rings. The first-order valence-corrected chi connectivity index (χ1v) is 11.9. The van der Waals surface area contributed by atoms with Gasteiger partial charge in [-0.1, -0.05) is 5.16 Å². The first-order valence-electron chi connectivity index (χ1n) is 9.57. The standard InChI is InChI=1S/C16H21N7O9S2/c1-16(2,13(26)27)32-21-9(7-6-33-14(17)19-7)11(24)20-10-8(5-22-4-3-18-15(22)28)23(12(10)25)34(29,30)31/h6,8,10H,3-5H2,1-2H3,(H2,17,19)(H,18,28)(H,20,24)(H,26,27)(H,29,30,31)/t8-,10-/m0/s1. The second-order valence-electron chi connectivity index (χ2n) is 7.73. The number of nitrogen functional groups attached to an aromatic ring is 1. The Bertz CT molecular complexity index is 1160. The third kappa shape index (κ3) is 5.02. The Labute approximate surface area is 196 Å². The van der Waals surface area contributed by atoms with Gasteiger partial charge >= 0.3 is 22.3 Å². The lowest BCUT2D eigenvalue weighted by molar-refractivity contribution is -0.161.